The van der Waals surface area contributed by atoms with Gasteiger partial charge in [-0.25, -0.2) is 0 Å². The second-order valence-electron chi connectivity index (χ2n) is 4.60. The molecule has 0 aliphatic heterocycles. The molecule has 94 valence electrons. The summed E-state index contributed by atoms with van der Waals surface area (Å²) in [6, 6.07) is 6.13. The third kappa shape index (κ3) is 2.01. The second kappa shape index (κ2) is 4.86. The van der Waals surface area contributed by atoms with Gasteiger partial charge in [0.1, 0.15) is 5.69 Å². The molecule has 2 atom stereocenters. The van der Waals surface area contributed by atoms with Crippen molar-refractivity contribution in [2.75, 3.05) is 7.05 Å². The molecular formula is C13H16N4O. The minimum Gasteiger partial charge on any atom is -0.339 e. The summed E-state index contributed by atoms with van der Waals surface area (Å²) >= 11 is 0. The second-order valence-corrected chi connectivity index (χ2v) is 4.60. The van der Waals surface area contributed by atoms with Gasteiger partial charge in [0.15, 0.2) is 0 Å². The van der Waals surface area contributed by atoms with E-state index in [0.29, 0.717) is 17.8 Å². The number of hydrogen-bond acceptors (Lipinski definition) is 5. The van der Waals surface area contributed by atoms with Crippen LogP contribution in [-0.2, 0) is 0 Å². The Morgan fingerprint density at radius 2 is 2.28 bits per heavy atom. The number of aromatic nitrogens is 3. The van der Waals surface area contributed by atoms with Gasteiger partial charge in [-0.15, -0.1) is 0 Å². The van der Waals surface area contributed by atoms with Crippen molar-refractivity contribution in [1.82, 2.24) is 20.4 Å². The number of likely N-dealkylation sites (N-methyl/N-ethyl adjacent to an activating group) is 1. The third-order valence-electron chi connectivity index (χ3n) is 3.54. The number of rotatable bonds is 3. The van der Waals surface area contributed by atoms with Crippen LogP contribution in [0.3, 0.4) is 0 Å². The van der Waals surface area contributed by atoms with Crippen molar-refractivity contribution < 1.29 is 4.52 Å². The van der Waals surface area contributed by atoms with Crippen molar-refractivity contribution in [1.29, 1.82) is 0 Å². The van der Waals surface area contributed by atoms with Crippen molar-refractivity contribution in [3.05, 3.63) is 30.3 Å². The molecule has 0 aromatic carbocycles. The van der Waals surface area contributed by atoms with Crippen LogP contribution in [0.1, 0.15) is 31.1 Å². The highest BCUT2D eigenvalue weighted by molar-refractivity contribution is 5.47. The first kappa shape index (κ1) is 11.3. The van der Waals surface area contributed by atoms with Crippen LogP contribution < -0.4 is 5.32 Å². The van der Waals surface area contributed by atoms with Gasteiger partial charge in [0.2, 0.25) is 11.7 Å². The molecule has 0 unspecified atom stereocenters. The van der Waals surface area contributed by atoms with Crippen LogP contribution in [0, 0.1) is 0 Å². The van der Waals surface area contributed by atoms with Crippen LogP contribution in [0.25, 0.3) is 11.5 Å². The zero-order chi connectivity index (χ0) is 12.4. The fourth-order valence-corrected chi connectivity index (χ4v) is 2.59. The van der Waals surface area contributed by atoms with Crippen molar-refractivity contribution in [3.63, 3.8) is 0 Å². The fourth-order valence-electron chi connectivity index (χ4n) is 2.59. The van der Waals surface area contributed by atoms with E-state index in [1.807, 2.05) is 25.2 Å². The molecule has 1 aliphatic rings. The molecule has 0 spiro atoms. The lowest BCUT2D eigenvalue weighted by atomic mass is 10.0. The smallest absolute Gasteiger partial charge is 0.231 e. The first-order valence-corrected chi connectivity index (χ1v) is 6.31. The maximum Gasteiger partial charge on any atom is 0.231 e. The van der Waals surface area contributed by atoms with Gasteiger partial charge in [-0.1, -0.05) is 17.6 Å². The van der Waals surface area contributed by atoms with E-state index in [1.165, 1.54) is 12.8 Å². The highest BCUT2D eigenvalue weighted by Crippen LogP contribution is 2.34. The SMILES string of the molecule is CN[C@H]1CCC[C@H]1c1nc(-c2ccccn2)no1. The number of nitrogens with zero attached hydrogens (tertiary/aromatic N) is 3. The van der Waals surface area contributed by atoms with Gasteiger partial charge in [0.05, 0.1) is 5.92 Å². The average Bonchev–Trinajstić information content (AvgIpc) is 3.08. The summed E-state index contributed by atoms with van der Waals surface area (Å²) in [5.74, 6) is 1.64. The van der Waals surface area contributed by atoms with Gasteiger partial charge < -0.3 is 9.84 Å². The Kier molecular flexibility index (Phi) is 3.06. The lowest BCUT2D eigenvalue weighted by molar-refractivity contribution is 0.335. The molecule has 2 aromatic rings. The lowest BCUT2D eigenvalue weighted by Crippen LogP contribution is -2.27. The molecule has 0 bridgehead atoms. The molecule has 2 aromatic heterocycles. The van der Waals surface area contributed by atoms with E-state index in [2.05, 4.69) is 20.4 Å². The minimum atomic E-state index is 0.333. The minimum absolute atomic E-state index is 0.333. The van der Waals surface area contributed by atoms with Crippen LogP contribution in [-0.4, -0.2) is 28.2 Å². The highest BCUT2D eigenvalue weighted by atomic mass is 16.5. The van der Waals surface area contributed by atoms with E-state index in [4.69, 9.17) is 4.52 Å². The van der Waals surface area contributed by atoms with Crippen molar-refractivity contribution in [3.8, 4) is 11.5 Å². The number of pyridine rings is 1. The molecule has 2 heterocycles. The predicted molar refractivity (Wildman–Crippen MR) is 67.0 cm³/mol. The summed E-state index contributed by atoms with van der Waals surface area (Å²) in [5, 5.41) is 7.34. The Hall–Kier alpha value is -1.75. The normalized spacial score (nSPS) is 23.4. The molecule has 0 amide bonds. The molecule has 1 fully saturated rings. The molecule has 3 rings (SSSR count). The van der Waals surface area contributed by atoms with Crippen LogP contribution in [0.5, 0.6) is 0 Å². The number of hydrogen-bond donors (Lipinski definition) is 1. The molecular weight excluding hydrogens is 228 g/mol. The van der Waals surface area contributed by atoms with Crippen molar-refractivity contribution >= 4 is 0 Å². The van der Waals surface area contributed by atoms with E-state index >= 15 is 0 Å². The Morgan fingerprint density at radius 1 is 1.33 bits per heavy atom. The highest BCUT2D eigenvalue weighted by Gasteiger charge is 2.31. The van der Waals surface area contributed by atoms with Crippen LogP contribution in [0.2, 0.25) is 0 Å². The molecule has 18 heavy (non-hydrogen) atoms. The van der Waals surface area contributed by atoms with Crippen LogP contribution >= 0.6 is 0 Å². The largest absolute Gasteiger partial charge is 0.339 e. The zero-order valence-corrected chi connectivity index (χ0v) is 10.3. The van der Waals surface area contributed by atoms with Gasteiger partial charge in [0.25, 0.3) is 0 Å². The first-order valence-electron chi connectivity index (χ1n) is 6.31. The van der Waals surface area contributed by atoms with Crippen LogP contribution in [0.15, 0.2) is 28.9 Å². The van der Waals surface area contributed by atoms with E-state index in [-0.39, 0.29) is 0 Å². The Morgan fingerprint density at radius 3 is 3.06 bits per heavy atom. The fraction of sp³-hybridized carbons (Fsp3) is 0.462. The summed E-state index contributed by atoms with van der Waals surface area (Å²) in [6.07, 6.45) is 5.21. The Bertz CT molecular complexity index is 511. The molecule has 1 saturated carbocycles. The molecule has 0 saturated heterocycles. The molecule has 1 N–H and O–H groups in total. The van der Waals surface area contributed by atoms with Gasteiger partial charge in [-0.2, -0.15) is 4.98 Å². The average molecular weight is 244 g/mol. The summed E-state index contributed by atoms with van der Waals surface area (Å²) in [7, 11) is 1.99. The molecule has 1 aliphatic carbocycles. The van der Waals surface area contributed by atoms with Gasteiger partial charge in [-0.05, 0) is 32.0 Å². The quantitative estimate of drug-likeness (QED) is 0.894. The lowest BCUT2D eigenvalue weighted by Gasteiger charge is -2.14. The van der Waals surface area contributed by atoms with Crippen molar-refractivity contribution in [2.45, 2.75) is 31.2 Å². The monoisotopic (exact) mass is 244 g/mol. The summed E-state index contributed by atoms with van der Waals surface area (Å²) in [6.45, 7) is 0. The van der Waals surface area contributed by atoms with Gasteiger partial charge >= 0.3 is 0 Å². The Labute approximate surface area is 106 Å². The van der Waals surface area contributed by atoms with E-state index < -0.39 is 0 Å². The van der Waals surface area contributed by atoms with Crippen LogP contribution in [0.4, 0.5) is 0 Å². The summed E-state index contributed by atoms with van der Waals surface area (Å²) in [5.41, 5.74) is 0.756. The van der Waals surface area contributed by atoms with E-state index in [9.17, 15) is 0 Å². The molecule has 5 nitrogen and oxygen atoms in total. The van der Waals surface area contributed by atoms with Gasteiger partial charge in [0, 0.05) is 12.2 Å². The van der Waals surface area contributed by atoms with E-state index in [1.54, 1.807) is 6.20 Å². The van der Waals surface area contributed by atoms with Gasteiger partial charge in [-0.3, -0.25) is 4.98 Å². The maximum atomic E-state index is 5.39. The zero-order valence-electron chi connectivity index (χ0n) is 10.3. The third-order valence-corrected chi connectivity index (χ3v) is 3.54. The topological polar surface area (TPSA) is 63.8 Å². The standard InChI is InChI=1S/C13H16N4O/c1-14-10-7-4-5-9(10)13-16-12(17-18-13)11-6-2-3-8-15-11/h2-3,6,8-10,14H,4-5,7H2,1H3/t9-,10+/m1/s1. The predicted octanol–water partition coefficient (Wildman–Crippen LogP) is 1.99. The summed E-state index contributed by atoms with van der Waals surface area (Å²) < 4.78 is 5.39. The van der Waals surface area contributed by atoms with E-state index in [0.717, 1.165) is 18.0 Å². The molecule has 5 heteroatoms. The first-order chi connectivity index (χ1) is 8.88. The Balaban J connectivity index is 1.86. The van der Waals surface area contributed by atoms with Crippen molar-refractivity contribution in [2.24, 2.45) is 0 Å². The maximum absolute atomic E-state index is 5.39. The molecule has 0 radical (unpaired) electrons. The number of nitrogens with one attached hydrogen (secondary N) is 1. The summed E-state index contributed by atoms with van der Waals surface area (Å²) in [4.78, 5) is 8.71.